The Kier molecular flexibility index (Phi) is 5.72. The Bertz CT molecular complexity index is 728. The van der Waals surface area contributed by atoms with Crippen LogP contribution in [-0.2, 0) is 17.7 Å². The molecule has 6 rings (SSSR count). The second-order valence-electron chi connectivity index (χ2n) is 10.5. The molecule has 1 heterocycles. The zero-order valence-electron chi connectivity index (χ0n) is 18.6. The van der Waals surface area contributed by atoms with E-state index in [1.54, 1.807) is 14.2 Å². The molecule has 30 heavy (non-hydrogen) atoms. The van der Waals surface area contributed by atoms with Gasteiger partial charge in [-0.15, -0.1) is 0 Å². The third-order valence-corrected chi connectivity index (χ3v) is 8.15. The molecule has 5 aliphatic rings. The number of nitrogens with zero attached hydrogens (tertiary/aromatic N) is 1. The summed E-state index contributed by atoms with van der Waals surface area (Å²) < 4.78 is 17.0. The summed E-state index contributed by atoms with van der Waals surface area (Å²) in [6.45, 7) is 3.76. The van der Waals surface area contributed by atoms with E-state index in [0.717, 1.165) is 55.4 Å². The van der Waals surface area contributed by atoms with Gasteiger partial charge in [0.2, 0.25) is 0 Å². The molecule has 0 spiro atoms. The molecule has 1 aromatic carbocycles. The molecule has 4 bridgehead atoms. The molecule has 0 aromatic heterocycles. The first-order valence-electron chi connectivity index (χ1n) is 11.8. The van der Waals surface area contributed by atoms with Crippen molar-refractivity contribution in [2.75, 3.05) is 40.5 Å². The first kappa shape index (κ1) is 20.6. The van der Waals surface area contributed by atoms with Crippen LogP contribution >= 0.6 is 0 Å². The monoisotopic (exact) mass is 415 g/mol. The van der Waals surface area contributed by atoms with Gasteiger partial charge in [0.1, 0.15) is 0 Å². The zero-order chi connectivity index (χ0) is 20.7. The van der Waals surface area contributed by atoms with E-state index in [1.807, 2.05) is 0 Å². The number of fused-ring (bicyclic) bond motifs is 1. The van der Waals surface area contributed by atoms with Gasteiger partial charge in [-0.1, -0.05) is 0 Å². The number of rotatable bonds is 8. The van der Waals surface area contributed by atoms with Gasteiger partial charge in [0, 0.05) is 19.6 Å². The van der Waals surface area contributed by atoms with E-state index in [-0.39, 0.29) is 0 Å². The number of aliphatic hydroxyl groups excluding tert-OH is 1. The lowest BCUT2D eigenvalue weighted by Crippen LogP contribution is -2.48. The van der Waals surface area contributed by atoms with Gasteiger partial charge in [-0.25, -0.2) is 0 Å². The van der Waals surface area contributed by atoms with Crippen molar-refractivity contribution in [3.63, 3.8) is 0 Å². The molecule has 1 N–H and O–H groups in total. The van der Waals surface area contributed by atoms with E-state index in [4.69, 9.17) is 14.2 Å². The Balaban J connectivity index is 1.11. The van der Waals surface area contributed by atoms with Crippen LogP contribution in [0.25, 0.3) is 0 Å². The third-order valence-electron chi connectivity index (χ3n) is 8.15. The minimum Gasteiger partial charge on any atom is -0.493 e. The van der Waals surface area contributed by atoms with Crippen LogP contribution in [0.3, 0.4) is 0 Å². The van der Waals surface area contributed by atoms with Gasteiger partial charge in [0.15, 0.2) is 11.5 Å². The average Bonchev–Trinajstić information content (AvgIpc) is 2.71. The second-order valence-corrected chi connectivity index (χ2v) is 10.5. The van der Waals surface area contributed by atoms with Crippen LogP contribution in [0.1, 0.15) is 49.7 Å². The standard InChI is InChI=1S/C25H37NO4/c1-28-23-8-20-3-4-26(13-21(20)9-24(23)29-2)14-22(27)15-30-16-25-10-17-5-18(11-25)7-19(6-17)12-25/h8-9,17-19,22,27H,3-7,10-16H2,1-2H3/t17?,18?,19?,22-,25?/m0/s1. The molecule has 0 amide bonds. The summed E-state index contributed by atoms with van der Waals surface area (Å²) in [5.74, 6) is 4.43. The number of hydrogen-bond donors (Lipinski definition) is 1. The van der Waals surface area contributed by atoms with Crippen molar-refractivity contribution in [2.24, 2.45) is 23.2 Å². The maximum atomic E-state index is 10.6. The second kappa shape index (κ2) is 8.33. The summed E-state index contributed by atoms with van der Waals surface area (Å²) >= 11 is 0. The predicted molar refractivity (Wildman–Crippen MR) is 116 cm³/mol. The van der Waals surface area contributed by atoms with Crippen LogP contribution in [0.2, 0.25) is 0 Å². The summed E-state index contributed by atoms with van der Waals surface area (Å²) in [6, 6.07) is 4.17. The largest absolute Gasteiger partial charge is 0.493 e. The lowest BCUT2D eigenvalue weighted by Gasteiger charge is -2.56. The van der Waals surface area contributed by atoms with Crippen molar-refractivity contribution < 1.29 is 19.3 Å². The van der Waals surface area contributed by atoms with Crippen LogP contribution in [0, 0.1) is 23.2 Å². The quantitative estimate of drug-likeness (QED) is 0.702. The first-order chi connectivity index (χ1) is 14.6. The molecule has 1 atom stereocenters. The molecule has 0 unspecified atom stereocenters. The smallest absolute Gasteiger partial charge is 0.161 e. The van der Waals surface area contributed by atoms with Crippen molar-refractivity contribution in [1.82, 2.24) is 4.90 Å². The molecule has 5 nitrogen and oxygen atoms in total. The summed E-state index contributed by atoms with van der Waals surface area (Å²) in [4.78, 5) is 2.33. The minimum atomic E-state index is -0.430. The van der Waals surface area contributed by atoms with E-state index in [2.05, 4.69) is 17.0 Å². The molecule has 4 saturated carbocycles. The predicted octanol–water partition coefficient (Wildman–Crippen LogP) is 3.66. The normalized spacial score (nSPS) is 33.4. The molecule has 1 aliphatic heterocycles. The summed E-state index contributed by atoms with van der Waals surface area (Å²) in [5, 5.41) is 10.6. The van der Waals surface area contributed by atoms with E-state index in [1.165, 1.54) is 49.7 Å². The molecular weight excluding hydrogens is 378 g/mol. The number of aliphatic hydroxyl groups is 1. The van der Waals surface area contributed by atoms with Gasteiger partial charge in [-0.3, -0.25) is 4.90 Å². The summed E-state index contributed by atoms with van der Waals surface area (Å²) in [5.41, 5.74) is 3.01. The van der Waals surface area contributed by atoms with Crippen LogP contribution < -0.4 is 9.47 Å². The van der Waals surface area contributed by atoms with E-state index < -0.39 is 6.10 Å². The lowest BCUT2D eigenvalue weighted by atomic mass is 9.50. The Morgan fingerprint density at radius 2 is 1.60 bits per heavy atom. The number of hydrogen-bond acceptors (Lipinski definition) is 5. The lowest BCUT2D eigenvalue weighted by molar-refractivity contribution is -0.107. The Morgan fingerprint density at radius 3 is 2.20 bits per heavy atom. The summed E-state index contributed by atoms with van der Waals surface area (Å²) in [6.07, 6.45) is 9.03. The van der Waals surface area contributed by atoms with E-state index >= 15 is 0 Å². The number of methoxy groups -OCH3 is 2. The van der Waals surface area contributed by atoms with Gasteiger partial charge >= 0.3 is 0 Å². The van der Waals surface area contributed by atoms with Gasteiger partial charge < -0.3 is 19.3 Å². The van der Waals surface area contributed by atoms with Crippen LogP contribution in [0.15, 0.2) is 12.1 Å². The fourth-order valence-corrected chi connectivity index (χ4v) is 7.33. The van der Waals surface area contributed by atoms with Crippen LogP contribution in [-0.4, -0.2) is 56.6 Å². The molecule has 0 radical (unpaired) electrons. The van der Waals surface area contributed by atoms with Crippen LogP contribution in [0.4, 0.5) is 0 Å². The fourth-order valence-electron chi connectivity index (χ4n) is 7.33. The minimum absolute atomic E-state index is 0.425. The van der Waals surface area contributed by atoms with Crippen molar-refractivity contribution in [2.45, 2.75) is 57.6 Å². The van der Waals surface area contributed by atoms with Crippen LogP contribution in [0.5, 0.6) is 11.5 Å². The van der Waals surface area contributed by atoms with Crippen molar-refractivity contribution in [1.29, 1.82) is 0 Å². The Labute approximate surface area is 180 Å². The molecule has 4 fully saturated rings. The topological polar surface area (TPSA) is 51.2 Å². The van der Waals surface area contributed by atoms with Crippen molar-refractivity contribution >= 4 is 0 Å². The fraction of sp³-hybridized carbons (Fsp3) is 0.760. The maximum absolute atomic E-state index is 10.6. The number of β-amino-alcohol motifs (C(OH)–C–C–N with tert-alkyl or cyclic N) is 1. The highest BCUT2D eigenvalue weighted by Gasteiger charge is 2.50. The Hall–Kier alpha value is -1.30. The molecule has 1 aromatic rings. The van der Waals surface area contributed by atoms with Gasteiger partial charge in [0.05, 0.1) is 33.5 Å². The Morgan fingerprint density at radius 1 is 1.00 bits per heavy atom. The highest BCUT2D eigenvalue weighted by atomic mass is 16.5. The summed E-state index contributed by atoms with van der Waals surface area (Å²) in [7, 11) is 3.36. The maximum Gasteiger partial charge on any atom is 0.161 e. The first-order valence-corrected chi connectivity index (χ1v) is 11.8. The van der Waals surface area contributed by atoms with Crippen molar-refractivity contribution in [3.8, 4) is 11.5 Å². The van der Waals surface area contributed by atoms with E-state index in [0.29, 0.717) is 18.6 Å². The highest BCUT2D eigenvalue weighted by molar-refractivity contribution is 5.48. The molecular formula is C25H37NO4. The molecule has 0 saturated heterocycles. The molecule has 4 aliphatic carbocycles. The molecule has 166 valence electrons. The zero-order valence-corrected chi connectivity index (χ0v) is 18.6. The highest BCUT2D eigenvalue weighted by Crippen LogP contribution is 2.60. The average molecular weight is 416 g/mol. The SMILES string of the molecule is COc1cc2c(cc1OC)CN(C[C@H](O)COCC13CC4CC(CC(C4)C1)C3)CC2. The molecule has 5 heteroatoms. The third kappa shape index (κ3) is 4.09. The number of benzene rings is 1. The van der Waals surface area contributed by atoms with Gasteiger partial charge in [-0.05, 0) is 91.4 Å². The van der Waals surface area contributed by atoms with Gasteiger partial charge in [0.25, 0.3) is 0 Å². The van der Waals surface area contributed by atoms with Crippen molar-refractivity contribution in [3.05, 3.63) is 23.3 Å². The number of ether oxygens (including phenoxy) is 3. The van der Waals surface area contributed by atoms with Gasteiger partial charge in [-0.2, -0.15) is 0 Å². The van der Waals surface area contributed by atoms with E-state index in [9.17, 15) is 5.11 Å².